The summed E-state index contributed by atoms with van der Waals surface area (Å²) < 4.78 is 0. The molecule has 0 aromatic heterocycles. The maximum atomic E-state index is 3.48. The summed E-state index contributed by atoms with van der Waals surface area (Å²) in [7, 11) is 0. The molecule has 0 saturated heterocycles. The molecule has 32 heavy (non-hydrogen) atoms. The molecule has 4 heteroatoms. The summed E-state index contributed by atoms with van der Waals surface area (Å²) in [5.74, 6) is 0. The van der Waals surface area contributed by atoms with Crippen LogP contribution in [0.15, 0.2) is 34.4 Å². The standard InChI is InChI=1S/2C13H21.C2H6Si.2ClH.Zr/c2*1-12(2,3)10-7-8-11(9-10)13(4,5)6;1-3-2;;;/h2*9H,7H2,1-6H3;1-2H3;2*1H;/q2*-1;;;;+2/p-2. The Morgan fingerprint density at radius 3 is 0.906 bits per heavy atom. The van der Waals surface area contributed by atoms with Crippen molar-refractivity contribution in [3.05, 3.63) is 46.6 Å². The largest absolute Gasteiger partial charge is 1.00 e. The third-order valence-electron chi connectivity index (χ3n) is 5.12. The van der Waals surface area contributed by atoms with Gasteiger partial charge in [-0.2, -0.15) is 11.1 Å². The zero-order valence-electron chi connectivity index (χ0n) is 23.3. The molecule has 0 N–H and O–H groups in total. The molecule has 0 radical (unpaired) electrons. The van der Waals surface area contributed by atoms with Gasteiger partial charge in [-0.05, 0) is 21.7 Å². The molecule has 0 amide bonds. The van der Waals surface area contributed by atoms with Crippen LogP contribution in [-0.2, 0) is 23.3 Å². The number of allylic oxidation sites excluding steroid dienone is 8. The summed E-state index contributed by atoms with van der Waals surface area (Å²) in [5.41, 5.74) is 7.10. The molecule has 0 heterocycles. The minimum Gasteiger partial charge on any atom is -1.00 e. The van der Waals surface area contributed by atoms with Crippen molar-refractivity contribution in [2.75, 3.05) is 0 Å². The van der Waals surface area contributed by atoms with Crippen LogP contribution in [0.5, 0.6) is 0 Å². The van der Waals surface area contributed by atoms with E-state index in [1.54, 1.807) is 23.3 Å². The molecule has 0 spiro atoms. The Bertz CT molecular complexity index is 663. The molecule has 2 rings (SSSR count). The van der Waals surface area contributed by atoms with Crippen LogP contribution in [0.3, 0.4) is 0 Å². The SMILES string of the molecule is CC(C)(C)C1=[C-]CC(C(C)(C)C)=C1.CC(C)(C)C1=[C-]CC(C(C)(C)C)=C1.C[Si](C)=[Zr+2].[Cl-].[Cl-]. The van der Waals surface area contributed by atoms with Crippen LogP contribution < -0.4 is 24.8 Å². The first-order valence-corrected chi connectivity index (χ1v) is 17.5. The zero-order valence-corrected chi connectivity index (χ0v) is 28.3. The van der Waals surface area contributed by atoms with Crippen molar-refractivity contribution in [2.45, 2.75) is 109 Å². The smallest absolute Gasteiger partial charge is 1.00 e. The fourth-order valence-corrected chi connectivity index (χ4v) is 2.86. The van der Waals surface area contributed by atoms with Crippen LogP contribution >= 0.6 is 0 Å². The number of rotatable bonds is 0. The van der Waals surface area contributed by atoms with Gasteiger partial charge in [-0.15, -0.1) is 12.8 Å². The van der Waals surface area contributed by atoms with Crippen LogP contribution in [0.1, 0.15) is 95.9 Å². The quantitative estimate of drug-likeness (QED) is 0.308. The number of hydrogen-bond donors (Lipinski definition) is 0. The molecule has 0 aromatic carbocycles. The Morgan fingerprint density at radius 1 is 0.594 bits per heavy atom. The third-order valence-corrected chi connectivity index (χ3v) is 5.12. The first kappa shape index (κ1) is 37.2. The van der Waals surface area contributed by atoms with Gasteiger partial charge in [-0.3, -0.25) is 12.2 Å². The molecule has 2 aliphatic rings. The summed E-state index contributed by atoms with van der Waals surface area (Å²) in [6.45, 7) is 31.7. The van der Waals surface area contributed by atoms with Gasteiger partial charge in [0.05, 0.1) is 0 Å². The van der Waals surface area contributed by atoms with Gasteiger partial charge in [-0.25, -0.2) is 23.3 Å². The second kappa shape index (κ2) is 14.3. The Labute approximate surface area is 229 Å². The first-order valence-electron chi connectivity index (χ1n) is 11.3. The second-order valence-corrected chi connectivity index (χ2v) is 22.2. The van der Waals surface area contributed by atoms with E-state index in [1.807, 2.05) is 0 Å². The van der Waals surface area contributed by atoms with Gasteiger partial charge in [0.25, 0.3) is 0 Å². The minimum atomic E-state index is 0. The topological polar surface area (TPSA) is 0 Å². The molecule has 0 aliphatic heterocycles. The second-order valence-electron chi connectivity index (χ2n) is 12.9. The maximum absolute atomic E-state index is 3.48. The normalized spacial score (nSPS) is 16.0. The average Bonchev–Trinajstić information content (AvgIpc) is 3.15. The first-order chi connectivity index (χ1) is 13.2. The minimum absolute atomic E-state index is 0. The van der Waals surface area contributed by atoms with Crippen LogP contribution in [0.2, 0.25) is 13.1 Å². The fourth-order valence-electron chi connectivity index (χ4n) is 2.86. The van der Waals surface area contributed by atoms with E-state index in [0.29, 0.717) is 10.8 Å². The summed E-state index contributed by atoms with van der Waals surface area (Å²) >= 11 is 1.74. The summed E-state index contributed by atoms with van der Waals surface area (Å²) in [6, 6.07) is 0. The van der Waals surface area contributed by atoms with Gasteiger partial charge in [-0.1, -0.05) is 83.1 Å². The summed E-state index contributed by atoms with van der Waals surface area (Å²) in [6.07, 6.45) is 13.7. The molecular weight excluding hydrogens is 527 g/mol. The molecule has 0 saturated carbocycles. The van der Waals surface area contributed by atoms with Crippen molar-refractivity contribution >= 4 is 5.43 Å². The Kier molecular flexibility index (Phi) is 16.6. The van der Waals surface area contributed by atoms with Crippen molar-refractivity contribution in [2.24, 2.45) is 21.7 Å². The molecule has 0 fully saturated rings. The van der Waals surface area contributed by atoms with E-state index in [1.165, 1.54) is 22.3 Å². The molecule has 2 aliphatic carbocycles. The predicted molar refractivity (Wildman–Crippen MR) is 134 cm³/mol. The van der Waals surface area contributed by atoms with E-state index in [9.17, 15) is 0 Å². The number of hydrogen-bond acceptors (Lipinski definition) is 0. The van der Waals surface area contributed by atoms with Gasteiger partial charge in [0.15, 0.2) is 0 Å². The molecule has 0 atom stereocenters. The summed E-state index contributed by atoms with van der Waals surface area (Å²) in [5, 5.41) is 0. The fraction of sp³-hybridized carbons (Fsp3) is 0.714. The van der Waals surface area contributed by atoms with E-state index in [4.69, 9.17) is 0 Å². The molecular formula is C28H48Cl2SiZr-2. The van der Waals surface area contributed by atoms with Crippen LogP contribution in [0.25, 0.3) is 0 Å². The van der Waals surface area contributed by atoms with Gasteiger partial charge in [0, 0.05) is 0 Å². The van der Waals surface area contributed by atoms with Crippen molar-refractivity contribution in [3.63, 3.8) is 0 Å². The van der Waals surface area contributed by atoms with E-state index in [2.05, 4.69) is 120 Å². The summed E-state index contributed by atoms with van der Waals surface area (Å²) in [4.78, 5) is 0. The van der Waals surface area contributed by atoms with Crippen molar-refractivity contribution in [1.82, 2.24) is 0 Å². The van der Waals surface area contributed by atoms with E-state index in [0.717, 1.165) is 12.8 Å². The zero-order chi connectivity index (χ0) is 24.1. The van der Waals surface area contributed by atoms with E-state index < -0.39 is 0 Å². The Balaban J connectivity index is -0.000000428. The number of halogens is 2. The molecule has 0 unspecified atom stereocenters. The molecule has 0 aromatic rings. The monoisotopic (exact) mass is 572 g/mol. The van der Waals surface area contributed by atoms with Gasteiger partial charge in [0.2, 0.25) is 0 Å². The molecule has 0 bridgehead atoms. The van der Waals surface area contributed by atoms with Gasteiger partial charge >= 0.3 is 41.9 Å². The van der Waals surface area contributed by atoms with Crippen LogP contribution in [0.4, 0.5) is 0 Å². The molecule has 0 nitrogen and oxygen atoms in total. The predicted octanol–water partition coefficient (Wildman–Crippen LogP) is 3.07. The molecule has 184 valence electrons. The van der Waals surface area contributed by atoms with Crippen LogP contribution in [-0.4, -0.2) is 5.43 Å². The van der Waals surface area contributed by atoms with Gasteiger partial charge in [0.1, 0.15) is 0 Å². The Morgan fingerprint density at radius 2 is 0.812 bits per heavy atom. The van der Waals surface area contributed by atoms with Crippen molar-refractivity contribution < 1.29 is 48.1 Å². The van der Waals surface area contributed by atoms with Gasteiger partial charge < -0.3 is 24.8 Å². The van der Waals surface area contributed by atoms with Crippen molar-refractivity contribution in [3.8, 4) is 0 Å². The average molecular weight is 575 g/mol. The van der Waals surface area contributed by atoms with Crippen molar-refractivity contribution in [1.29, 1.82) is 0 Å². The Hall–Kier alpha value is 0.640. The third kappa shape index (κ3) is 14.8. The van der Waals surface area contributed by atoms with Crippen LogP contribution in [0, 0.1) is 33.8 Å². The van der Waals surface area contributed by atoms with E-state index in [-0.39, 0.29) is 41.1 Å². The van der Waals surface area contributed by atoms with E-state index >= 15 is 0 Å². The maximum Gasteiger partial charge on any atom is -1.00 e.